The summed E-state index contributed by atoms with van der Waals surface area (Å²) >= 11 is 0. The van der Waals surface area contributed by atoms with Gasteiger partial charge in [0.25, 0.3) is 5.91 Å². The maximum Gasteiger partial charge on any atom is 0.307 e. The van der Waals surface area contributed by atoms with E-state index < -0.39 is 0 Å². The molecule has 1 N–H and O–H groups in total. The average molecular weight is 307 g/mol. The Balaban J connectivity index is 2.39. The zero-order chi connectivity index (χ0) is 16.4. The molecule has 1 atom stereocenters. The highest BCUT2D eigenvalue weighted by Crippen LogP contribution is 2.13. The normalized spacial score (nSPS) is 11.6. The molecular weight excluding hydrogens is 282 g/mol. The summed E-state index contributed by atoms with van der Waals surface area (Å²) in [5, 5.41) is 2.77. The van der Waals surface area contributed by atoms with E-state index in [0.717, 1.165) is 12.8 Å². The van der Waals surface area contributed by atoms with E-state index >= 15 is 0 Å². The van der Waals surface area contributed by atoms with Crippen LogP contribution in [0.3, 0.4) is 0 Å². The molecule has 1 aromatic rings. The van der Waals surface area contributed by atoms with E-state index in [1.165, 1.54) is 12.7 Å². The molecular formula is C17H25NO4. The Morgan fingerprint density at radius 2 is 1.86 bits per heavy atom. The molecule has 1 amide bonds. The molecule has 1 aromatic carbocycles. The summed E-state index contributed by atoms with van der Waals surface area (Å²) in [7, 11) is 1.34. The lowest BCUT2D eigenvalue weighted by molar-refractivity contribution is -0.141. The van der Waals surface area contributed by atoms with Gasteiger partial charge < -0.3 is 14.8 Å². The zero-order valence-corrected chi connectivity index (χ0v) is 13.6. The molecule has 0 aromatic heterocycles. The van der Waals surface area contributed by atoms with Crippen molar-refractivity contribution in [3.63, 3.8) is 0 Å². The SMILES string of the molecule is CCCc1ccc(OCC(=O)NC(CC)CC(=O)OC)cc1. The van der Waals surface area contributed by atoms with Crippen LogP contribution in [0.4, 0.5) is 0 Å². The molecule has 0 saturated heterocycles. The van der Waals surface area contributed by atoms with E-state index in [0.29, 0.717) is 12.2 Å². The zero-order valence-electron chi connectivity index (χ0n) is 13.6. The molecule has 0 fully saturated rings. The van der Waals surface area contributed by atoms with Crippen molar-refractivity contribution >= 4 is 11.9 Å². The van der Waals surface area contributed by atoms with E-state index in [4.69, 9.17) is 4.74 Å². The lowest BCUT2D eigenvalue weighted by atomic mass is 10.1. The molecule has 1 rings (SSSR count). The molecule has 0 spiro atoms. The number of carbonyl (C=O) groups excluding carboxylic acids is 2. The van der Waals surface area contributed by atoms with Crippen LogP contribution in [0.1, 0.15) is 38.7 Å². The third-order valence-corrected chi connectivity index (χ3v) is 3.33. The molecule has 0 heterocycles. The number of carbonyl (C=O) groups is 2. The maximum absolute atomic E-state index is 11.8. The van der Waals surface area contributed by atoms with Gasteiger partial charge in [0.05, 0.1) is 13.5 Å². The van der Waals surface area contributed by atoms with E-state index in [2.05, 4.69) is 17.0 Å². The highest BCUT2D eigenvalue weighted by atomic mass is 16.5. The average Bonchev–Trinajstić information content (AvgIpc) is 2.53. The first kappa shape index (κ1) is 18.0. The van der Waals surface area contributed by atoms with E-state index in [-0.39, 0.29) is 30.9 Å². The fourth-order valence-corrected chi connectivity index (χ4v) is 2.04. The largest absolute Gasteiger partial charge is 0.484 e. The molecule has 0 bridgehead atoms. The van der Waals surface area contributed by atoms with E-state index in [1.807, 2.05) is 31.2 Å². The fraction of sp³-hybridized carbons (Fsp3) is 0.529. The Bertz CT molecular complexity index is 470. The van der Waals surface area contributed by atoms with Gasteiger partial charge in [-0.25, -0.2) is 0 Å². The topological polar surface area (TPSA) is 64.6 Å². The van der Waals surface area contributed by atoms with Crippen LogP contribution in [0, 0.1) is 0 Å². The molecule has 0 aliphatic rings. The monoisotopic (exact) mass is 307 g/mol. The minimum Gasteiger partial charge on any atom is -0.484 e. The van der Waals surface area contributed by atoms with Gasteiger partial charge in [-0.3, -0.25) is 9.59 Å². The van der Waals surface area contributed by atoms with Crippen LogP contribution in [-0.2, 0) is 20.7 Å². The molecule has 22 heavy (non-hydrogen) atoms. The molecule has 0 saturated carbocycles. The van der Waals surface area contributed by atoms with Gasteiger partial charge in [-0.1, -0.05) is 32.4 Å². The van der Waals surface area contributed by atoms with Crippen LogP contribution in [0.15, 0.2) is 24.3 Å². The smallest absolute Gasteiger partial charge is 0.307 e. The summed E-state index contributed by atoms with van der Waals surface area (Å²) < 4.78 is 10.1. The summed E-state index contributed by atoms with van der Waals surface area (Å²) in [5.41, 5.74) is 1.25. The van der Waals surface area contributed by atoms with Crippen molar-refractivity contribution < 1.29 is 19.1 Å². The molecule has 0 radical (unpaired) electrons. The van der Waals surface area contributed by atoms with Crippen molar-refractivity contribution in [3.05, 3.63) is 29.8 Å². The minimum atomic E-state index is -0.334. The third-order valence-electron chi connectivity index (χ3n) is 3.33. The number of nitrogens with one attached hydrogen (secondary N) is 1. The Morgan fingerprint density at radius 3 is 2.41 bits per heavy atom. The van der Waals surface area contributed by atoms with Gasteiger partial charge in [0.1, 0.15) is 5.75 Å². The number of methoxy groups -OCH3 is 1. The van der Waals surface area contributed by atoms with Crippen molar-refractivity contribution in [2.75, 3.05) is 13.7 Å². The first-order valence-electron chi connectivity index (χ1n) is 7.66. The second kappa shape index (κ2) is 9.82. The molecule has 0 aliphatic carbocycles. The highest BCUT2D eigenvalue weighted by Gasteiger charge is 2.15. The summed E-state index contributed by atoms with van der Waals surface area (Å²) in [6.07, 6.45) is 2.96. The van der Waals surface area contributed by atoms with Gasteiger partial charge in [0, 0.05) is 6.04 Å². The van der Waals surface area contributed by atoms with Crippen LogP contribution in [-0.4, -0.2) is 31.6 Å². The molecule has 122 valence electrons. The number of hydrogen-bond acceptors (Lipinski definition) is 4. The van der Waals surface area contributed by atoms with Crippen LogP contribution >= 0.6 is 0 Å². The Hall–Kier alpha value is -2.04. The number of amides is 1. The third kappa shape index (κ3) is 6.61. The predicted molar refractivity (Wildman–Crippen MR) is 84.8 cm³/mol. The van der Waals surface area contributed by atoms with Crippen LogP contribution in [0.2, 0.25) is 0 Å². The summed E-state index contributed by atoms with van der Waals surface area (Å²) in [5.74, 6) is 0.0870. The summed E-state index contributed by atoms with van der Waals surface area (Å²) in [6, 6.07) is 7.51. The second-order valence-corrected chi connectivity index (χ2v) is 5.14. The maximum atomic E-state index is 11.8. The lowest BCUT2D eigenvalue weighted by Crippen LogP contribution is -2.39. The van der Waals surface area contributed by atoms with Crippen LogP contribution in [0.25, 0.3) is 0 Å². The molecule has 5 nitrogen and oxygen atoms in total. The van der Waals surface area contributed by atoms with Gasteiger partial charge in [-0.15, -0.1) is 0 Å². The lowest BCUT2D eigenvalue weighted by Gasteiger charge is -2.16. The number of ether oxygens (including phenoxy) is 2. The predicted octanol–water partition coefficient (Wildman–Crippen LogP) is 2.48. The second-order valence-electron chi connectivity index (χ2n) is 5.14. The first-order chi connectivity index (χ1) is 10.6. The van der Waals surface area contributed by atoms with Gasteiger partial charge in [-0.05, 0) is 30.5 Å². The number of esters is 1. The number of benzene rings is 1. The summed E-state index contributed by atoms with van der Waals surface area (Å²) in [6.45, 7) is 3.97. The summed E-state index contributed by atoms with van der Waals surface area (Å²) in [4.78, 5) is 23.1. The first-order valence-corrected chi connectivity index (χ1v) is 7.66. The van der Waals surface area contributed by atoms with E-state index in [1.54, 1.807) is 0 Å². The molecule has 5 heteroatoms. The number of hydrogen-bond donors (Lipinski definition) is 1. The fourth-order valence-electron chi connectivity index (χ4n) is 2.04. The van der Waals surface area contributed by atoms with E-state index in [9.17, 15) is 9.59 Å². The Kier molecular flexibility index (Phi) is 8.04. The highest BCUT2D eigenvalue weighted by molar-refractivity contribution is 5.79. The van der Waals surface area contributed by atoms with Crippen LogP contribution < -0.4 is 10.1 Å². The van der Waals surface area contributed by atoms with Gasteiger partial charge in [0.2, 0.25) is 0 Å². The van der Waals surface area contributed by atoms with Gasteiger partial charge in [-0.2, -0.15) is 0 Å². The van der Waals surface area contributed by atoms with Gasteiger partial charge >= 0.3 is 5.97 Å². The quantitative estimate of drug-likeness (QED) is 0.712. The van der Waals surface area contributed by atoms with Crippen molar-refractivity contribution in [1.29, 1.82) is 0 Å². The van der Waals surface area contributed by atoms with Crippen molar-refractivity contribution in [1.82, 2.24) is 5.32 Å². The van der Waals surface area contributed by atoms with Gasteiger partial charge in [0.15, 0.2) is 6.61 Å². The van der Waals surface area contributed by atoms with Crippen molar-refractivity contribution in [3.8, 4) is 5.75 Å². The van der Waals surface area contributed by atoms with Crippen molar-refractivity contribution in [2.45, 2.75) is 45.6 Å². The molecule has 0 aliphatic heterocycles. The standard InChI is InChI=1S/C17H25NO4/c1-4-6-13-7-9-15(10-8-13)22-12-16(19)18-14(5-2)11-17(20)21-3/h7-10,14H,4-6,11-12H2,1-3H3,(H,18,19). The minimum absolute atomic E-state index is 0.0647. The Labute approximate surface area is 132 Å². The Morgan fingerprint density at radius 1 is 1.18 bits per heavy atom. The molecule has 1 unspecified atom stereocenters. The van der Waals surface area contributed by atoms with Crippen LogP contribution in [0.5, 0.6) is 5.75 Å². The number of rotatable bonds is 9. The number of aryl methyl sites for hydroxylation is 1. The van der Waals surface area contributed by atoms with Crippen molar-refractivity contribution in [2.24, 2.45) is 0 Å².